The monoisotopic (exact) mass is 287 g/mol. The summed E-state index contributed by atoms with van der Waals surface area (Å²) in [7, 11) is 1.61. The first-order valence-corrected chi connectivity index (χ1v) is 6.34. The number of amides is 1. The number of hydrogen-bond acceptors (Lipinski definition) is 4. The number of alkyl halides is 1. The normalized spacial score (nSPS) is 19.5. The molecule has 1 atom stereocenters. The van der Waals surface area contributed by atoms with Gasteiger partial charge in [-0.3, -0.25) is 14.9 Å². The molecule has 1 unspecified atom stereocenters. The van der Waals surface area contributed by atoms with Crippen LogP contribution in [0.5, 0.6) is 0 Å². The summed E-state index contributed by atoms with van der Waals surface area (Å²) in [6.45, 7) is 1.29. The van der Waals surface area contributed by atoms with Gasteiger partial charge in [-0.2, -0.15) is 0 Å². The Kier molecular flexibility index (Phi) is 4.06. The van der Waals surface area contributed by atoms with Gasteiger partial charge in [-0.1, -0.05) is 0 Å². The molecule has 1 amide bonds. The van der Waals surface area contributed by atoms with Crippen LogP contribution in [0.3, 0.4) is 0 Å². The molecule has 0 bridgehead atoms. The number of nitrogens with zero attached hydrogens (tertiary/aromatic N) is 3. The van der Waals surface area contributed by atoms with Gasteiger partial charge in [-0.15, -0.1) is 11.6 Å². The van der Waals surface area contributed by atoms with Crippen molar-refractivity contribution < 1.29 is 14.5 Å². The van der Waals surface area contributed by atoms with Crippen molar-refractivity contribution in [1.29, 1.82) is 0 Å². The van der Waals surface area contributed by atoms with E-state index in [1.807, 2.05) is 0 Å². The van der Waals surface area contributed by atoms with E-state index in [1.165, 1.54) is 16.8 Å². The molecule has 1 aliphatic rings. The molecule has 1 saturated heterocycles. The molecule has 7 nitrogen and oxygen atoms in total. The van der Waals surface area contributed by atoms with Crippen molar-refractivity contribution in [3.05, 3.63) is 28.1 Å². The standard InChI is InChI=1S/C11H14ClN3O4/c1-13-6-8(15(17)18)4-10(13)11(16)14-2-3-19-9(5-12)7-14/h4,6,9H,2-3,5,7H2,1H3. The summed E-state index contributed by atoms with van der Waals surface area (Å²) in [5.74, 6) is 0.0749. The SMILES string of the molecule is Cn1cc([N+](=O)[O-])cc1C(=O)N1CCOC(CCl)C1. The minimum Gasteiger partial charge on any atom is -0.373 e. The lowest BCUT2D eigenvalue weighted by Gasteiger charge is -2.32. The highest BCUT2D eigenvalue weighted by molar-refractivity contribution is 6.18. The Balaban J connectivity index is 2.17. The van der Waals surface area contributed by atoms with E-state index in [1.54, 1.807) is 11.9 Å². The van der Waals surface area contributed by atoms with Crippen LogP contribution in [0.15, 0.2) is 12.3 Å². The predicted octanol–water partition coefficient (Wildman–Crippen LogP) is 1.01. The lowest BCUT2D eigenvalue weighted by atomic mass is 10.2. The Morgan fingerprint density at radius 2 is 2.42 bits per heavy atom. The lowest BCUT2D eigenvalue weighted by Crippen LogP contribution is -2.46. The third kappa shape index (κ3) is 2.87. The van der Waals surface area contributed by atoms with E-state index in [0.29, 0.717) is 31.3 Å². The Hall–Kier alpha value is -1.60. The second-order valence-corrected chi connectivity index (χ2v) is 4.66. The topological polar surface area (TPSA) is 77.6 Å². The molecule has 0 aliphatic carbocycles. The van der Waals surface area contributed by atoms with Gasteiger partial charge in [0.05, 0.1) is 29.7 Å². The molecule has 2 heterocycles. The van der Waals surface area contributed by atoms with Crippen LogP contribution in [-0.4, -0.2) is 52.0 Å². The molecule has 0 radical (unpaired) electrons. The molecular weight excluding hydrogens is 274 g/mol. The van der Waals surface area contributed by atoms with Crippen molar-refractivity contribution in [2.45, 2.75) is 6.10 Å². The van der Waals surface area contributed by atoms with Crippen molar-refractivity contribution in [1.82, 2.24) is 9.47 Å². The highest BCUT2D eigenvalue weighted by Crippen LogP contribution is 2.18. The zero-order valence-electron chi connectivity index (χ0n) is 10.4. The quantitative estimate of drug-likeness (QED) is 0.472. The Bertz CT molecular complexity index is 502. The number of morpholine rings is 1. The van der Waals surface area contributed by atoms with E-state index < -0.39 is 4.92 Å². The van der Waals surface area contributed by atoms with E-state index in [9.17, 15) is 14.9 Å². The maximum atomic E-state index is 12.3. The number of rotatable bonds is 3. The molecule has 0 aromatic carbocycles. The van der Waals surface area contributed by atoms with Gasteiger partial charge in [0.1, 0.15) is 5.69 Å². The van der Waals surface area contributed by atoms with Crippen LogP contribution in [0, 0.1) is 10.1 Å². The molecule has 1 aromatic rings. The van der Waals surface area contributed by atoms with Crippen molar-refractivity contribution in [2.75, 3.05) is 25.6 Å². The van der Waals surface area contributed by atoms with Gasteiger partial charge in [0.2, 0.25) is 0 Å². The smallest absolute Gasteiger partial charge is 0.287 e. The fourth-order valence-corrected chi connectivity index (χ4v) is 2.21. The zero-order chi connectivity index (χ0) is 14.0. The molecule has 1 aliphatic heterocycles. The minimum atomic E-state index is -0.516. The lowest BCUT2D eigenvalue weighted by molar-refractivity contribution is -0.384. The molecule has 0 spiro atoms. The summed E-state index contributed by atoms with van der Waals surface area (Å²) < 4.78 is 6.84. The van der Waals surface area contributed by atoms with Gasteiger partial charge in [-0.25, -0.2) is 0 Å². The molecule has 1 aromatic heterocycles. The number of hydrogen-bond donors (Lipinski definition) is 0. The van der Waals surface area contributed by atoms with Gasteiger partial charge in [0.25, 0.3) is 11.6 Å². The first-order chi connectivity index (χ1) is 9.02. The molecule has 8 heteroatoms. The van der Waals surface area contributed by atoms with Crippen LogP contribution in [0.25, 0.3) is 0 Å². The molecule has 0 saturated carbocycles. The second-order valence-electron chi connectivity index (χ2n) is 4.35. The van der Waals surface area contributed by atoms with E-state index in [2.05, 4.69) is 0 Å². The van der Waals surface area contributed by atoms with Gasteiger partial charge in [-0.05, 0) is 0 Å². The van der Waals surface area contributed by atoms with Crippen molar-refractivity contribution in [2.24, 2.45) is 7.05 Å². The molecular formula is C11H14ClN3O4. The fourth-order valence-electron chi connectivity index (χ4n) is 2.02. The predicted molar refractivity (Wildman–Crippen MR) is 68.4 cm³/mol. The van der Waals surface area contributed by atoms with Crippen LogP contribution in [0.1, 0.15) is 10.5 Å². The number of halogens is 1. The van der Waals surface area contributed by atoms with E-state index in [0.717, 1.165) is 0 Å². The van der Waals surface area contributed by atoms with Crippen LogP contribution in [0.2, 0.25) is 0 Å². The summed E-state index contributed by atoms with van der Waals surface area (Å²) in [4.78, 5) is 24.1. The number of carbonyl (C=O) groups is 1. The summed E-state index contributed by atoms with van der Waals surface area (Å²) >= 11 is 5.72. The van der Waals surface area contributed by atoms with Gasteiger partial charge in [0.15, 0.2) is 0 Å². The average molecular weight is 288 g/mol. The third-order valence-electron chi connectivity index (χ3n) is 3.02. The number of carbonyl (C=O) groups excluding carboxylic acids is 1. The maximum Gasteiger partial charge on any atom is 0.287 e. The molecule has 104 valence electrons. The van der Waals surface area contributed by atoms with Crippen molar-refractivity contribution >= 4 is 23.2 Å². The Morgan fingerprint density at radius 1 is 1.68 bits per heavy atom. The highest BCUT2D eigenvalue weighted by atomic mass is 35.5. The molecule has 1 fully saturated rings. The minimum absolute atomic E-state index is 0.0898. The number of aryl methyl sites for hydroxylation is 1. The van der Waals surface area contributed by atoms with Crippen LogP contribution >= 0.6 is 11.6 Å². The maximum absolute atomic E-state index is 12.3. The second kappa shape index (κ2) is 5.58. The Morgan fingerprint density at radius 3 is 3.00 bits per heavy atom. The zero-order valence-corrected chi connectivity index (χ0v) is 11.2. The van der Waals surface area contributed by atoms with Crippen LogP contribution in [-0.2, 0) is 11.8 Å². The number of aromatic nitrogens is 1. The summed E-state index contributed by atoms with van der Waals surface area (Å²) in [6, 6.07) is 1.29. The largest absolute Gasteiger partial charge is 0.373 e. The van der Waals surface area contributed by atoms with E-state index >= 15 is 0 Å². The summed E-state index contributed by atoms with van der Waals surface area (Å²) in [6.07, 6.45) is 1.14. The van der Waals surface area contributed by atoms with E-state index in [-0.39, 0.29) is 17.7 Å². The number of ether oxygens (including phenoxy) is 1. The van der Waals surface area contributed by atoms with Crippen LogP contribution < -0.4 is 0 Å². The number of nitro groups is 1. The van der Waals surface area contributed by atoms with E-state index in [4.69, 9.17) is 16.3 Å². The van der Waals surface area contributed by atoms with Gasteiger partial charge in [0, 0.05) is 26.2 Å². The highest BCUT2D eigenvalue weighted by Gasteiger charge is 2.27. The molecule has 0 N–H and O–H groups in total. The van der Waals surface area contributed by atoms with Crippen LogP contribution in [0.4, 0.5) is 5.69 Å². The Labute approximate surface area is 114 Å². The third-order valence-corrected chi connectivity index (χ3v) is 3.36. The van der Waals surface area contributed by atoms with Crippen molar-refractivity contribution in [3.8, 4) is 0 Å². The molecule has 2 rings (SSSR count). The summed E-state index contributed by atoms with van der Waals surface area (Å²) in [5.41, 5.74) is 0.204. The first kappa shape index (κ1) is 13.8. The summed E-state index contributed by atoms with van der Waals surface area (Å²) in [5, 5.41) is 10.7. The van der Waals surface area contributed by atoms with Gasteiger partial charge < -0.3 is 14.2 Å². The average Bonchev–Trinajstić information content (AvgIpc) is 2.80. The first-order valence-electron chi connectivity index (χ1n) is 5.80. The fraction of sp³-hybridized carbons (Fsp3) is 0.545. The molecule has 19 heavy (non-hydrogen) atoms. The van der Waals surface area contributed by atoms with Gasteiger partial charge >= 0.3 is 0 Å². The van der Waals surface area contributed by atoms with Crippen molar-refractivity contribution in [3.63, 3.8) is 0 Å².